The summed E-state index contributed by atoms with van der Waals surface area (Å²) in [5.74, 6) is -1.60. The van der Waals surface area contributed by atoms with E-state index in [-0.39, 0.29) is 17.9 Å². The molecule has 190 valence electrons. The van der Waals surface area contributed by atoms with Crippen LogP contribution in [0.15, 0.2) is 35.6 Å². The summed E-state index contributed by atoms with van der Waals surface area (Å²) in [4.78, 5) is 42.4. The van der Waals surface area contributed by atoms with Crippen LogP contribution in [0.3, 0.4) is 0 Å². The predicted octanol–water partition coefficient (Wildman–Crippen LogP) is 3.57. The lowest BCUT2D eigenvalue weighted by Gasteiger charge is -2.48. The van der Waals surface area contributed by atoms with E-state index in [4.69, 9.17) is 4.74 Å². The first kappa shape index (κ1) is 24.9. The monoisotopic (exact) mass is 484 g/mol. The molecule has 1 aromatic rings. The van der Waals surface area contributed by atoms with E-state index in [0.29, 0.717) is 18.7 Å². The van der Waals surface area contributed by atoms with E-state index in [1.807, 2.05) is 12.1 Å². The summed E-state index contributed by atoms with van der Waals surface area (Å²) in [7, 11) is 0. The number of carbonyl (C=O) groups is 3. The lowest BCUT2D eigenvalue weighted by Crippen LogP contribution is -2.62. The van der Waals surface area contributed by atoms with Crippen LogP contribution in [0, 0.1) is 5.41 Å². The molecule has 2 atom stereocenters. The first-order valence-electron chi connectivity index (χ1n) is 12.4. The number of amides is 3. The second kappa shape index (κ2) is 9.43. The number of anilines is 2. The first-order chi connectivity index (χ1) is 16.5. The van der Waals surface area contributed by atoms with Gasteiger partial charge in [0.15, 0.2) is 0 Å². The number of aliphatic hydroxyl groups excluding tert-OH is 1. The first-order valence-corrected chi connectivity index (χ1v) is 12.4. The van der Waals surface area contributed by atoms with Crippen LogP contribution in [-0.4, -0.2) is 65.7 Å². The third-order valence-electron chi connectivity index (χ3n) is 7.01. The summed E-state index contributed by atoms with van der Waals surface area (Å²) < 4.78 is 5.48. The highest BCUT2D eigenvalue weighted by Gasteiger charge is 2.51. The quantitative estimate of drug-likeness (QED) is 0.566. The summed E-state index contributed by atoms with van der Waals surface area (Å²) in [6.45, 7) is 9.67. The van der Waals surface area contributed by atoms with E-state index in [1.54, 1.807) is 39.8 Å². The standard InChI is InChI=1S/C26H36N4O5/c1-25(2,3)35-24(34)30-15-12-19-26(4,16-30)21(31)20(23(33)28-19)22(32)27-17-8-10-18(11-9-17)29-13-6-5-7-14-29/h8-11,19,31H,5-7,12-16H2,1-4H3,(H,27,32)(H,28,33)/t19-,26+/m1/s1. The van der Waals surface area contributed by atoms with Crippen molar-refractivity contribution in [3.05, 3.63) is 35.6 Å². The summed E-state index contributed by atoms with van der Waals surface area (Å²) in [5, 5.41) is 16.8. The van der Waals surface area contributed by atoms with Gasteiger partial charge in [-0.3, -0.25) is 9.59 Å². The Balaban J connectivity index is 1.51. The molecule has 4 rings (SSSR count). The number of piperidine rings is 2. The SMILES string of the molecule is CC(C)(C)OC(=O)N1CC[C@H]2NC(=O)C(C(=O)Nc3ccc(N4CCCCC4)cc3)=C(O)[C@@]2(C)C1. The molecule has 0 spiro atoms. The van der Waals surface area contributed by atoms with E-state index in [0.717, 1.165) is 18.8 Å². The molecule has 3 heterocycles. The van der Waals surface area contributed by atoms with E-state index < -0.39 is 35.0 Å². The topological polar surface area (TPSA) is 111 Å². The number of fused-ring (bicyclic) bond motifs is 1. The van der Waals surface area contributed by atoms with Gasteiger partial charge >= 0.3 is 6.09 Å². The number of nitrogens with one attached hydrogen (secondary N) is 2. The van der Waals surface area contributed by atoms with E-state index >= 15 is 0 Å². The Morgan fingerprint density at radius 3 is 2.40 bits per heavy atom. The molecule has 35 heavy (non-hydrogen) atoms. The van der Waals surface area contributed by atoms with E-state index in [9.17, 15) is 19.5 Å². The number of benzene rings is 1. The molecule has 3 aliphatic rings. The third kappa shape index (κ3) is 5.23. The molecule has 0 unspecified atom stereocenters. The highest BCUT2D eigenvalue weighted by atomic mass is 16.6. The maximum atomic E-state index is 13.1. The summed E-state index contributed by atoms with van der Waals surface area (Å²) in [5.41, 5.74) is -0.347. The Morgan fingerprint density at radius 1 is 1.11 bits per heavy atom. The molecule has 2 saturated heterocycles. The van der Waals surface area contributed by atoms with Crippen LogP contribution in [0.4, 0.5) is 16.2 Å². The molecule has 3 aliphatic heterocycles. The van der Waals surface area contributed by atoms with Crippen molar-refractivity contribution >= 4 is 29.3 Å². The minimum absolute atomic E-state index is 0.125. The van der Waals surface area contributed by atoms with Crippen LogP contribution >= 0.6 is 0 Å². The molecule has 0 bridgehead atoms. The Hall–Kier alpha value is -3.23. The van der Waals surface area contributed by atoms with Gasteiger partial charge < -0.3 is 30.3 Å². The molecular formula is C26H36N4O5. The van der Waals surface area contributed by atoms with Gasteiger partial charge in [-0.2, -0.15) is 0 Å². The van der Waals surface area contributed by atoms with Gasteiger partial charge in [-0.15, -0.1) is 0 Å². The molecule has 0 aromatic heterocycles. The maximum Gasteiger partial charge on any atom is 0.410 e. The third-order valence-corrected chi connectivity index (χ3v) is 7.01. The summed E-state index contributed by atoms with van der Waals surface area (Å²) >= 11 is 0. The number of carbonyl (C=O) groups excluding carboxylic acids is 3. The van der Waals surface area contributed by atoms with Crippen molar-refractivity contribution in [2.24, 2.45) is 5.41 Å². The number of rotatable bonds is 3. The van der Waals surface area contributed by atoms with Gasteiger partial charge in [-0.1, -0.05) is 0 Å². The largest absolute Gasteiger partial charge is 0.511 e. The fraction of sp³-hybridized carbons (Fsp3) is 0.577. The molecule has 0 saturated carbocycles. The van der Waals surface area contributed by atoms with Crippen molar-refractivity contribution in [1.82, 2.24) is 10.2 Å². The summed E-state index contributed by atoms with van der Waals surface area (Å²) in [6, 6.07) is 7.11. The highest BCUT2D eigenvalue weighted by Crippen LogP contribution is 2.40. The second-order valence-electron chi connectivity index (χ2n) is 10.9. The van der Waals surface area contributed by atoms with Crippen molar-refractivity contribution in [1.29, 1.82) is 0 Å². The van der Waals surface area contributed by atoms with Crippen molar-refractivity contribution in [2.45, 2.75) is 65.0 Å². The fourth-order valence-electron chi connectivity index (χ4n) is 5.08. The van der Waals surface area contributed by atoms with Crippen LogP contribution < -0.4 is 15.5 Å². The van der Waals surface area contributed by atoms with Crippen LogP contribution in [0.2, 0.25) is 0 Å². The molecule has 3 N–H and O–H groups in total. The average Bonchev–Trinajstić information content (AvgIpc) is 2.80. The molecular weight excluding hydrogens is 448 g/mol. The molecule has 1 aromatic carbocycles. The van der Waals surface area contributed by atoms with E-state index in [1.165, 1.54) is 24.2 Å². The number of ether oxygens (including phenoxy) is 1. The Bertz CT molecular complexity index is 1020. The predicted molar refractivity (Wildman–Crippen MR) is 133 cm³/mol. The number of nitrogens with zero attached hydrogens (tertiary/aromatic N) is 2. The van der Waals surface area contributed by atoms with Gasteiger partial charge in [0, 0.05) is 43.6 Å². The van der Waals surface area contributed by atoms with Gasteiger partial charge in [-0.25, -0.2) is 4.79 Å². The van der Waals surface area contributed by atoms with Crippen LogP contribution in [-0.2, 0) is 14.3 Å². The fourth-order valence-corrected chi connectivity index (χ4v) is 5.08. The van der Waals surface area contributed by atoms with Crippen molar-refractivity contribution < 1.29 is 24.2 Å². The van der Waals surface area contributed by atoms with E-state index in [2.05, 4.69) is 15.5 Å². The zero-order valence-electron chi connectivity index (χ0n) is 21.0. The Morgan fingerprint density at radius 2 is 1.77 bits per heavy atom. The highest BCUT2D eigenvalue weighted by molar-refractivity contribution is 6.23. The van der Waals surface area contributed by atoms with Gasteiger partial charge in [0.1, 0.15) is 16.9 Å². The normalized spacial score (nSPS) is 25.0. The second-order valence-corrected chi connectivity index (χ2v) is 10.9. The molecule has 9 nitrogen and oxygen atoms in total. The van der Waals surface area contributed by atoms with Gasteiger partial charge in [0.05, 0.1) is 5.41 Å². The number of hydrogen-bond acceptors (Lipinski definition) is 6. The number of aliphatic hydroxyl groups is 1. The van der Waals surface area contributed by atoms with Crippen LogP contribution in [0.5, 0.6) is 0 Å². The molecule has 0 radical (unpaired) electrons. The molecule has 9 heteroatoms. The van der Waals surface area contributed by atoms with Crippen molar-refractivity contribution in [3.8, 4) is 0 Å². The molecule has 2 fully saturated rings. The Kier molecular flexibility index (Phi) is 6.71. The minimum atomic E-state index is -1.01. The number of hydrogen-bond donors (Lipinski definition) is 3. The summed E-state index contributed by atoms with van der Waals surface area (Å²) in [6.07, 6.45) is 3.55. The lowest BCUT2D eigenvalue weighted by atomic mass is 9.72. The van der Waals surface area contributed by atoms with Crippen LogP contribution in [0.25, 0.3) is 0 Å². The van der Waals surface area contributed by atoms with Gasteiger partial charge in [0.25, 0.3) is 11.8 Å². The average molecular weight is 485 g/mol. The molecule has 3 amide bonds. The maximum absolute atomic E-state index is 13.1. The molecule has 0 aliphatic carbocycles. The smallest absolute Gasteiger partial charge is 0.410 e. The Labute approximate surface area is 206 Å². The van der Waals surface area contributed by atoms with Crippen LogP contribution in [0.1, 0.15) is 53.4 Å². The van der Waals surface area contributed by atoms with Crippen molar-refractivity contribution in [3.63, 3.8) is 0 Å². The van der Waals surface area contributed by atoms with Crippen molar-refractivity contribution in [2.75, 3.05) is 36.4 Å². The lowest BCUT2D eigenvalue weighted by molar-refractivity contribution is -0.125. The minimum Gasteiger partial charge on any atom is -0.511 e. The zero-order chi connectivity index (χ0) is 25.4. The van der Waals surface area contributed by atoms with Gasteiger partial charge in [-0.05, 0) is 77.6 Å². The number of likely N-dealkylation sites (tertiary alicyclic amines) is 1. The zero-order valence-corrected chi connectivity index (χ0v) is 21.0. The van der Waals surface area contributed by atoms with Gasteiger partial charge in [0.2, 0.25) is 0 Å².